The Morgan fingerprint density at radius 3 is 1.46 bits per heavy atom. The smallest absolute Gasteiger partial charge is 0.164 e. The van der Waals surface area contributed by atoms with Gasteiger partial charge < -0.3 is 13.6 Å². The summed E-state index contributed by atoms with van der Waals surface area (Å²) in [6.07, 6.45) is 0. The first-order valence-electron chi connectivity index (χ1n) is 23.3. The summed E-state index contributed by atoms with van der Waals surface area (Å²) >= 11 is 0. The van der Waals surface area contributed by atoms with Crippen molar-refractivity contribution in [3.05, 3.63) is 237 Å². The fourth-order valence-electron chi connectivity index (χ4n) is 10.4. The molecule has 4 aromatic heterocycles. The van der Waals surface area contributed by atoms with Crippen molar-refractivity contribution in [1.29, 1.82) is 0 Å². The molecule has 0 aliphatic heterocycles. The lowest BCUT2D eigenvalue weighted by Crippen LogP contribution is -2.00. The Labute approximate surface area is 396 Å². The number of aromatic nitrogens is 5. The van der Waals surface area contributed by atoms with E-state index < -0.39 is 0 Å². The van der Waals surface area contributed by atoms with Gasteiger partial charge in [-0.3, -0.25) is 0 Å². The standard InChI is InChI=1S/C63H39N5O/c1-5-17-40(18-6-1)61-64-62(41-19-7-2-8-20-41)66-63(65-61)50-28-16-30-58-59(50)53-39-44(33-36-57(53)69-58)47-26-15-27-49-52-38-43(32-35-56(52)68(60(47)49)46-23-11-4-12-24-46)42-31-34-55-51(37-42)48-25-13-14-29-54(48)67(55)45-21-9-3-10-22-45/h1-39H. The maximum atomic E-state index is 6.62. The number of fused-ring (bicyclic) bond motifs is 9. The third-order valence-corrected chi connectivity index (χ3v) is 13.6. The summed E-state index contributed by atoms with van der Waals surface area (Å²) in [5.74, 6) is 1.82. The zero-order valence-electron chi connectivity index (χ0n) is 37.2. The van der Waals surface area contributed by atoms with E-state index in [0.717, 1.165) is 72.2 Å². The molecule has 0 aliphatic carbocycles. The summed E-state index contributed by atoms with van der Waals surface area (Å²) < 4.78 is 11.4. The highest BCUT2D eigenvalue weighted by Gasteiger charge is 2.22. The van der Waals surface area contributed by atoms with Crippen LogP contribution in [0.15, 0.2) is 241 Å². The van der Waals surface area contributed by atoms with E-state index in [1.165, 1.54) is 43.7 Å². The largest absolute Gasteiger partial charge is 0.456 e. The minimum atomic E-state index is 0.588. The summed E-state index contributed by atoms with van der Waals surface area (Å²) in [7, 11) is 0. The number of rotatable bonds is 7. The van der Waals surface area contributed by atoms with E-state index in [0.29, 0.717) is 17.5 Å². The highest BCUT2D eigenvalue weighted by molar-refractivity contribution is 6.17. The number of para-hydroxylation sites is 4. The van der Waals surface area contributed by atoms with Gasteiger partial charge in [-0.2, -0.15) is 0 Å². The minimum Gasteiger partial charge on any atom is -0.456 e. The summed E-state index contributed by atoms with van der Waals surface area (Å²) in [5.41, 5.74) is 15.8. The topological polar surface area (TPSA) is 61.7 Å². The van der Waals surface area contributed by atoms with E-state index in [2.05, 4.69) is 173 Å². The van der Waals surface area contributed by atoms with Crippen LogP contribution in [-0.2, 0) is 0 Å². The van der Waals surface area contributed by atoms with Gasteiger partial charge >= 0.3 is 0 Å². The van der Waals surface area contributed by atoms with Crippen molar-refractivity contribution in [2.24, 2.45) is 0 Å². The number of benzene rings is 10. The molecule has 6 heteroatoms. The quantitative estimate of drug-likeness (QED) is 0.160. The molecule has 0 spiro atoms. The SMILES string of the molecule is c1ccc(-c2nc(-c3ccccc3)nc(-c3cccc4oc5ccc(-c6cccc7c8cc(-c9ccc%10c(c9)c9ccccc9n%10-c9ccccc9)ccc8n(-c8ccccc8)c67)cc5c34)n2)cc1. The van der Waals surface area contributed by atoms with Crippen molar-refractivity contribution < 1.29 is 4.42 Å². The molecular weight excluding hydrogens is 843 g/mol. The Hall–Kier alpha value is -9.39. The highest BCUT2D eigenvalue weighted by atomic mass is 16.3. The van der Waals surface area contributed by atoms with E-state index in [-0.39, 0.29) is 0 Å². The maximum absolute atomic E-state index is 6.62. The molecule has 0 fully saturated rings. The lowest BCUT2D eigenvalue weighted by atomic mass is 9.97. The second-order valence-corrected chi connectivity index (χ2v) is 17.6. The lowest BCUT2D eigenvalue weighted by Gasteiger charge is -2.12. The zero-order chi connectivity index (χ0) is 45.4. The Kier molecular flexibility index (Phi) is 8.79. The van der Waals surface area contributed by atoms with Gasteiger partial charge in [-0.25, -0.2) is 15.0 Å². The van der Waals surface area contributed by atoms with Gasteiger partial charge in [0.1, 0.15) is 11.2 Å². The van der Waals surface area contributed by atoms with Crippen molar-refractivity contribution >= 4 is 65.6 Å². The van der Waals surface area contributed by atoms with Crippen molar-refractivity contribution in [2.45, 2.75) is 0 Å². The molecule has 0 amide bonds. The molecule has 14 rings (SSSR count). The Bertz CT molecular complexity index is 4230. The highest BCUT2D eigenvalue weighted by Crippen LogP contribution is 2.44. The molecule has 0 saturated heterocycles. The van der Waals surface area contributed by atoms with Crippen LogP contribution in [0.2, 0.25) is 0 Å². The van der Waals surface area contributed by atoms with Gasteiger partial charge in [-0.05, 0) is 89.5 Å². The first-order valence-corrected chi connectivity index (χ1v) is 23.3. The zero-order valence-corrected chi connectivity index (χ0v) is 37.2. The fraction of sp³-hybridized carbons (Fsp3) is 0. The molecule has 0 N–H and O–H groups in total. The first kappa shape index (κ1) is 38.8. The third-order valence-electron chi connectivity index (χ3n) is 13.6. The molecule has 69 heavy (non-hydrogen) atoms. The van der Waals surface area contributed by atoms with Crippen LogP contribution < -0.4 is 0 Å². The number of hydrogen-bond donors (Lipinski definition) is 0. The van der Waals surface area contributed by atoms with Gasteiger partial charge in [0.2, 0.25) is 0 Å². The molecule has 0 bridgehead atoms. The van der Waals surface area contributed by atoms with Gasteiger partial charge in [0.15, 0.2) is 17.5 Å². The van der Waals surface area contributed by atoms with Crippen LogP contribution in [0.4, 0.5) is 0 Å². The molecule has 10 aromatic carbocycles. The summed E-state index contributed by atoms with van der Waals surface area (Å²) in [5, 5.41) is 6.79. The summed E-state index contributed by atoms with van der Waals surface area (Å²) in [6, 6.07) is 83.5. The third kappa shape index (κ3) is 6.30. The van der Waals surface area contributed by atoms with Crippen LogP contribution in [0.5, 0.6) is 0 Å². The summed E-state index contributed by atoms with van der Waals surface area (Å²) in [4.78, 5) is 15.2. The van der Waals surface area contributed by atoms with Gasteiger partial charge in [-0.1, -0.05) is 164 Å². The van der Waals surface area contributed by atoms with E-state index in [4.69, 9.17) is 19.4 Å². The number of hydrogen-bond acceptors (Lipinski definition) is 4. The molecule has 0 aliphatic rings. The average Bonchev–Trinajstić information content (AvgIpc) is 4.09. The lowest BCUT2D eigenvalue weighted by molar-refractivity contribution is 0.669. The molecule has 322 valence electrons. The molecule has 14 aromatic rings. The first-order chi connectivity index (χ1) is 34.2. The fourth-order valence-corrected chi connectivity index (χ4v) is 10.4. The van der Waals surface area contributed by atoms with Gasteiger partial charge in [-0.15, -0.1) is 0 Å². The number of nitrogens with zero attached hydrogens (tertiary/aromatic N) is 5. The average molecular weight is 882 g/mol. The molecule has 0 unspecified atom stereocenters. The molecule has 6 nitrogen and oxygen atoms in total. The van der Waals surface area contributed by atoms with Crippen LogP contribution in [-0.4, -0.2) is 24.1 Å². The Balaban J connectivity index is 0.953. The molecule has 0 radical (unpaired) electrons. The van der Waals surface area contributed by atoms with Crippen molar-refractivity contribution in [2.75, 3.05) is 0 Å². The molecule has 0 saturated carbocycles. The predicted octanol–water partition coefficient (Wildman–Crippen LogP) is 16.3. The van der Waals surface area contributed by atoms with Crippen LogP contribution in [0.1, 0.15) is 0 Å². The number of furan rings is 1. The van der Waals surface area contributed by atoms with E-state index in [9.17, 15) is 0 Å². The molecule has 0 atom stereocenters. The Morgan fingerprint density at radius 1 is 0.290 bits per heavy atom. The second-order valence-electron chi connectivity index (χ2n) is 17.6. The molecular formula is C63H39N5O. The maximum Gasteiger partial charge on any atom is 0.164 e. The van der Waals surface area contributed by atoms with Crippen LogP contribution in [0.25, 0.3) is 133 Å². The summed E-state index contributed by atoms with van der Waals surface area (Å²) in [6.45, 7) is 0. The van der Waals surface area contributed by atoms with Crippen LogP contribution in [0.3, 0.4) is 0 Å². The van der Waals surface area contributed by atoms with E-state index >= 15 is 0 Å². The van der Waals surface area contributed by atoms with Gasteiger partial charge in [0.25, 0.3) is 0 Å². The Morgan fingerprint density at radius 2 is 0.783 bits per heavy atom. The van der Waals surface area contributed by atoms with Crippen LogP contribution in [0, 0.1) is 0 Å². The van der Waals surface area contributed by atoms with E-state index in [1.54, 1.807) is 0 Å². The van der Waals surface area contributed by atoms with Crippen molar-refractivity contribution in [3.63, 3.8) is 0 Å². The predicted molar refractivity (Wildman–Crippen MR) is 283 cm³/mol. The van der Waals surface area contributed by atoms with Gasteiger partial charge in [0.05, 0.1) is 22.1 Å². The van der Waals surface area contributed by atoms with Crippen molar-refractivity contribution in [3.8, 4) is 67.8 Å². The minimum absolute atomic E-state index is 0.588. The van der Waals surface area contributed by atoms with Crippen LogP contribution >= 0.6 is 0 Å². The second kappa shape index (κ2) is 15.6. The molecule has 4 heterocycles. The van der Waals surface area contributed by atoms with Gasteiger partial charge in [0, 0.05) is 65.9 Å². The van der Waals surface area contributed by atoms with Crippen molar-refractivity contribution in [1.82, 2.24) is 24.1 Å². The van der Waals surface area contributed by atoms with E-state index in [1.807, 2.05) is 72.8 Å². The normalized spacial score (nSPS) is 11.8. The monoisotopic (exact) mass is 881 g/mol.